The van der Waals surface area contributed by atoms with Crippen molar-refractivity contribution in [2.24, 2.45) is 5.92 Å². The summed E-state index contributed by atoms with van der Waals surface area (Å²) >= 11 is 0. The van der Waals surface area contributed by atoms with Gasteiger partial charge in [-0.05, 0) is 18.8 Å². The summed E-state index contributed by atoms with van der Waals surface area (Å²) in [7, 11) is 0. The highest BCUT2D eigenvalue weighted by Crippen LogP contribution is 2.17. The lowest BCUT2D eigenvalue weighted by atomic mass is 10.2. The monoisotopic (exact) mass is 157 g/mol. The number of hydrogen-bond donors (Lipinski definition) is 2. The van der Waals surface area contributed by atoms with E-state index in [-0.39, 0.29) is 0 Å². The Bertz CT molecular complexity index is 99.7. The highest BCUT2D eigenvalue weighted by molar-refractivity contribution is 4.74. The van der Waals surface area contributed by atoms with Gasteiger partial charge in [-0.1, -0.05) is 19.8 Å². The van der Waals surface area contributed by atoms with Crippen LogP contribution in [0.2, 0.25) is 0 Å². The highest BCUT2D eigenvalue weighted by Gasteiger charge is 2.14. The molecule has 11 heavy (non-hydrogen) atoms. The molecular formula is C9H19NO. The van der Waals surface area contributed by atoms with Crippen molar-refractivity contribution < 1.29 is 5.11 Å². The van der Waals surface area contributed by atoms with Crippen LogP contribution in [0, 0.1) is 5.92 Å². The molecule has 0 aromatic heterocycles. The van der Waals surface area contributed by atoms with Crippen molar-refractivity contribution in [3.8, 4) is 0 Å². The van der Waals surface area contributed by atoms with Gasteiger partial charge < -0.3 is 10.4 Å². The molecular weight excluding hydrogens is 138 g/mol. The fourth-order valence-electron chi connectivity index (χ4n) is 1.56. The smallest absolute Gasteiger partial charge is 0.0468 e. The molecule has 0 spiro atoms. The quantitative estimate of drug-likeness (QED) is 0.641. The molecule has 66 valence electrons. The Balaban J connectivity index is 2.01. The molecule has 0 amide bonds. The zero-order chi connectivity index (χ0) is 8.10. The zero-order valence-electron chi connectivity index (χ0n) is 7.34. The number of hydrogen-bond acceptors (Lipinski definition) is 2. The fraction of sp³-hybridized carbons (Fsp3) is 1.00. The molecule has 1 fully saturated rings. The lowest BCUT2D eigenvalue weighted by molar-refractivity contribution is 0.230. The minimum absolute atomic E-state index is 0.305. The van der Waals surface area contributed by atoms with E-state index >= 15 is 0 Å². The number of aliphatic hydroxyl groups is 1. The predicted octanol–water partition coefficient (Wildman–Crippen LogP) is 1.15. The van der Waals surface area contributed by atoms with Crippen molar-refractivity contribution in [3.05, 3.63) is 0 Å². The Kier molecular flexibility index (Phi) is 3.87. The summed E-state index contributed by atoms with van der Waals surface area (Å²) in [5, 5.41) is 12.2. The minimum atomic E-state index is 0.305. The average Bonchev–Trinajstić information content (AvgIpc) is 2.52. The van der Waals surface area contributed by atoms with Gasteiger partial charge in [-0.15, -0.1) is 0 Å². The third-order valence-electron chi connectivity index (χ3n) is 2.42. The van der Waals surface area contributed by atoms with Crippen LogP contribution in [0.5, 0.6) is 0 Å². The summed E-state index contributed by atoms with van der Waals surface area (Å²) in [6.45, 7) is 3.35. The van der Waals surface area contributed by atoms with Gasteiger partial charge in [0, 0.05) is 19.2 Å². The Morgan fingerprint density at radius 2 is 2.09 bits per heavy atom. The van der Waals surface area contributed by atoms with E-state index in [1.54, 1.807) is 0 Å². The molecule has 1 aliphatic carbocycles. The first-order valence-corrected chi connectivity index (χ1v) is 4.67. The van der Waals surface area contributed by atoms with Crippen LogP contribution in [0.4, 0.5) is 0 Å². The van der Waals surface area contributed by atoms with E-state index in [0.29, 0.717) is 12.5 Å². The van der Waals surface area contributed by atoms with E-state index in [2.05, 4.69) is 12.2 Å². The second-order valence-corrected chi connectivity index (χ2v) is 3.68. The molecule has 2 heteroatoms. The maximum absolute atomic E-state index is 8.77. The second kappa shape index (κ2) is 4.73. The fourth-order valence-corrected chi connectivity index (χ4v) is 1.56. The van der Waals surface area contributed by atoms with Crippen molar-refractivity contribution in [2.45, 2.75) is 38.6 Å². The summed E-state index contributed by atoms with van der Waals surface area (Å²) in [4.78, 5) is 0. The summed E-state index contributed by atoms with van der Waals surface area (Å²) < 4.78 is 0. The Hall–Kier alpha value is -0.0800. The van der Waals surface area contributed by atoms with Crippen molar-refractivity contribution in [2.75, 3.05) is 13.2 Å². The Labute approximate surface area is 69.0 Å². The van der Waals surface area contributed by atoms with Gasteiger partial charge in [0.1, 0.15) is 0 Å². The Morgan fingerprint density at radius 1 is 1.45 bits per heavy atom. The topological polar surface area (TPSA) is 32.3 Å². The molecule has 2 nitrogen and oxygen atoms in total. The zero-order valence-corrected chi connectivity index (χ0v) is 7.34. The van der Waals surface area contributed by atoms with Crippen LogP contribution in [-0.2, 0) is 0 Å². The van der Waals surface area contributed by atoms with Gasteiger partial charge in [-0.25, -0.2) is 0 Å². The molecule has 0 aromatic carbocycles. The van der Waals surface area contributed by atoms with Crippen molar-refractivity contribution in [1.29, 1.82) is 0 Å². The van der Waals surface area contributed by atoms with Gasteiger partial charge >= 0.3 is 0 Å². The third kappa shape index (κ3) is 3.21. The van der Waals surface area contributed by atoms with Crippen LogP contribution in [0.15, 0.2) is 0 Å². The number of rotatable bonds is 4. The van der Waals surface area contributed by atoms with E-state index in [1.165, 1.54) is 25.7 Å². The van der Waals surface area contributed by atoms with Gasteiger partial charge in [0.2, 0.25) is 0 Å². The molecule has 0 bridgehead atoms. The average molecular weight is 157 g/mol. The molecule has 1 rings (SSSR count). The third-order valence-corrected chi connectivity index (χ3v) is 2.42. The number of nitrogens with one attached hydrogen (secondary N) is 1. The van der Waals surface area contributed by atoms with Gasteiger partial charge in [0.05, 0.1) is 0 Å². The van der Waals surface area contributed by atoms with Crippen LogP contribution in [0.3, 0.4) is 0 Å². The summed E-state index contributed by atoms with van der Waals surface area (Å²) in [5.74, 6) is 0.413. The predicted molar refractivity (Wildman–Crippen MR) is 46.5 cm³/mol. The maximum Gasteiger partial charge on any atom is 0.0468 e. The standard InChI is InChI=1S/C9H19NO/c1-8(7-11)6-10-9-4-2-3-5-9/h8-11H,2-7H2,1H3. The van der Waals surface area contributed by atoms with Crippen molar-refractivity contribution in [3.63, 3.8) is 0 Å². The molecule has 2 N–H and O–H groups in total. The van der Waals surface area contributed by atoms with E-state index in [0.717, 1.165) is 12.6 Å². The molecule has 1 saturated carbocycles. The molecule has 0 heterocycles. The second-order valence-electron chi connectivity index (χ2n) is 3.68. The van der Waals surface area contributed by atoms with E-state index < -0.39 is 0 Å². The summed E-state index contributed by atoms with van der Waals surface area (Å²) in [5.41, 5.74) is 0. The first kappa shape index (κ1) is 9.01. The van der Waals surface area contributed by atoms with Gasteiger partial charge in [0.25, 0.3) is 0 Å². The van der Waals surface area contributed by atoms with Crippen LogP contribution < -0.4 is 5.32 Å². The molecule has 0 aliphatic heterocycles. The van der Waals surface area contributed by atoms with Crippen LogP contribution >= 0.6 is 0 Å². The largest absolute Gasteiger partial charge is 0.396 e. The maximum atomic E-state index is 8.77. The first-order valence-electron chi connectivity index (χ1n) is 4.67. The summed E-state index contributed by atoms with van der Waals surface area (Å²) in [6.07, 6.45) is 5.42. The van der Waals surface area contributed by atoms with Crippen molar-refractivity contribution in [1.82, 2.24) is 5.32 Å². The lowest BCUT2D eigenvalue weighted by Crippen LogP contribution is -2.31. The number of aliphatic hydroxyl groups excluding tert-OH is 1. The van der Waals surface area contributed by atoms with Gasteiger partial charge in [-0.2, -0.15) is 0 Å². The Morgan fingerprint density at radius 3 is 2.64 bits per heavy atom. The molecule has 1 aliphatic rings. The molecule has 1 atom stereocenters. The molecule has 0 saturated heterocycles. The minimum Gasteiger partial charge on any atom is -0.396 e. The van der Waals surface area contributed by atoms with Crippen LogP contribution in [0.1, 0.15) is 32.6 Å². The van der Waals surface area contributed by atoms with E-state index in [9.17, 15) is 0 Å². The summed E-state index contributed by atoms with van der Waals surface area (Å²) in [6, 6.07) is 0.740. The van der Waals surface area contributed by atoms with E-state index in [1.807, 2.05) is 0 Å². The molecule has 1 unspecified atom stereocenters. The first-order chi connectivity index (χ1) is 5.33. The normalized spacial score (nSPS) is 22.4. The molecule has 0 aromatic rings. The van der Waals surface area contributed by atoms with Crippen LogP contribution in [0.25, 0.3) is 0 Å². The van der Waals surface area contributed by atoms with Gasteiger partial charge in [-0.3, -0.25) is 0 Å². The van der Waals surface area contributed by atoms with Crippen molar-refractivity contribution >= 4 is 0 Å². The van der Waals surface area contributed by atoms with Crippen LogP contribution in [-0.4, -0.2) is 24.3 Å². The molecule has 0 radical (unpaired) electrons. The highest BCUT2D eigenvalue weighted by atomic mass is 16.3. The van der Waals surface area contributed by atoms with E-state index in [4.69, 9.17) is 5.11 Å². The SMILES string of the molecule is CC(CO)CNC1CCCC1. The lowest BCUT2D eigenvalue weighted by Gasteiger charge is -2.14. The van der Waals surface area contributed by atoms with Gasteiger partial charge in [0.15, 0.2) is 0 Å².